The lowest BCUT2D eigenvalue weighted by molar-refractivity contribution is 0.201. The van der Waals surface area contributed by atoms with Crippen molar-refractivity contribution in [1.29, 1.82) is 0 Å². The smallest absolute Gasteiger partial charge is 0.412 e. The highest BCUT2D eigenvalue weighted by molar-refractivity contribution is 5.90. The normalized spacial score (nSPS) is 13.2. The Balaban J connectivity index is 1.72. The number of benzene rings is 1. The van der Waals surface area contributed by atoms with Crippen molar-refractivity contribution in [3.05, 3.63) is 54.5 Å². The van der Waals surface area contributed by atoms with Gasteiger partial charge in [-0.1, -0.05) is 6.07 Å². The van der Waals surface area contributed by atoms with Gasteiger partial charge in [0.2, 0.25) is 0 Å². The molecular formula is C19H18N4O3. The third-order valence-electron chi connectivity index (χ3n) is 4.44. The third kappa shape index (κ3) is 2.88. The van der Waals surface area contributed by atoms with E-state index in [0.29, 0.717) is 23.7 Å². The zero-order chi connectivity index (χ0) is 18.1. The molecule has 26 heavy (non-hydrogen) atoms. The van der Waals surface area contributed by atoms with Gasteiger partial charge in [-0.2, -0.15) is 0 Å². The first-order valence-corrected chi connectivity index (χ1v) is 8.30. The molecule has 0 unspecified atom stereocenters. The highest BCUT2D eigenvalue weighted by Gasteiger charge is 2.25. The van der Waals surface area contributed by atoms with Gasteiger partial charge in [0.1, 0.15) is 6.61 Å². The summed E-state index contributed by atoms with van der Waals surface area (Å²) in [5, 5.41) is 10.7. The van der Waals surface area contributed by atoms with Gasteiger partial charge in [0.15, 0.2) is 5.75 Å². The molecule has 7 heteroatoms. The lowest BCUT2D eigenvalue weighted by Crippen LogP contribution is -2.33. The van der Waals surface area contributed by atoms with Gasteiger partial charge in [-0.15, -0.1) is 0 Å². The number of ether oxygens (including phenoxy) is 1. The summed E-state index contributed by atoms with van der Waals surface area (Å²) < 4.78 is 5.78. The van der Waals surface area contributed by atoms with Crippen molar-refractivity contribution in [2.24, 2.45) is 0 Å². The van der Waals surface area contributed by atoms with Gasteiger partial charge in [-0.05, 0) is 30.3 Å². The Labute approximate surface area is 150 Å². The van der Waals surface area contributed by atoms with Crippen LogP contribution in [0.4, 0.5) is 16.2 Å². The van der Waals surface area contributed by atoms with Crippen LogP contribution >= 0.6 is 0 Å². The number of hydrogen-bond donors (Lipinski definition) is 1. The lowest BCUT2D eigenvalue weighted by atomic mass is 10.2. The fourth-order valence-corrected chi connectivity index (χ4v) is 3.09. The Hall–Kier alpha value is -3.35. The van der Waals surface area contributed by atoms with E-state index in [0.717, 1.165) is 23.1 Å². The first kappa shape index (κ1) is 16.1. The van der Waals surface area contributed by atoms with Gasteiger partial charge in [0, 0.05) is 24.8 Å². The number of anilines is 2. The summed E-state index contributed by atoms with van der Waals surface area (Å²) >= 11 is 0. The third-order valence-corrected chi connectivity index (χ3v) is 4.44. The Morgan fingerprint density at radius 2 is 2.19 bits per heavy atom. The number of nitrogens with zero attached hydrogens (tertiary/aromatic N) is 4. The molecule has 0 saturated heterocycles. The lowest BCUT2D eigenvalue weighted by Gasteiger charge is -2.31. The van der Waals surface area contributed by atoms with Crippen LogP contribution in [0.25, 0.3) is 10.9 Å². The van der Waals surface area contributed by atoms with Crippen LogP contribution in [0.2, 0.25) is 0 Å². The van der Waals surface area contributed by atoms with Gasteiger partial charge in [0.05, 0.1) is 35.7 Å². The van der Waals surface area contributed by atoms with Crippen LogP contribution in [0.5, 0.6) is 5.75 Å². The van der Waals surface area contributed by atoms with Crippen molar-refractivity contribution in [2.45, 2.75) is 6.54 Å². The number of pyridine rings is 2. The second kappa shape index (κ2) is 6.51. The number of hydrogen-bond acceptors (Lipinski definition) is 5. The molecule has 3 aromatic rings. The summed E-state index contributed by atoms with van der Waals surface area (Å²) in [6.07, 6.45) is 2.36. The summed E-state index contributed by atoms with van der Waals surface area (Å²) in [6.45, 7) is 1.40. The number of amides is 1. The minimum atomic E-state index is -1.06. The SMILES string of the molecule is CN1CCOc2c1cccc2N(Cc1cc2ncccc2cn1)C(=O)O. The standard InChI is InChI=1S/C19H18N4O3/c1-22-8-9-26-18-16(22)5-2-6-17(18)23(19(24)25)12-14-10-15-13(11-21-14)4-3-7-20-15/h2-7,10-11H,8-9,12H2,1H3,(H,24,25). The van der Waals surface area contributed by atoms with Crippen molar-refractivity contribution in [1.82, 2.24) is 9.97 Å². The maximum absolute atomic E-state index is 11.9. The van der Waals surface area contributed by atoms with Crippen molar-refractivity contribution < 1.29 is 14.6 Å². The van der Waals surface area contributed by atoms with Crippen LogP contribution in [0, 0.1) is 0 Å². The van der Waals surface area contributed by atoms with Crippen LogP contribution in [-0.4, -0.2) is 41.4 Å². The highest BCUT2D eigenvalue weighted by Crippen LogP contribution is 2.40. The maximum atomic E-state index is 11.9. The Bertz CT molecular complexity index is 976. The van der Waals surface area contributed by atoms with Crippen LogP contribution in [0.15, 0.2) is 48.8 Å². The molecule has 1 aliphatic rings. The minimum Gasteiger partial charge on any atom is -0.487 e. The summed E-state index contributed by atoms with van der Waals surface area (Å²) in [6, 6.07) is 11.1. The Kier molecular flexibility index (Phi) is 4.04. The number of likely N-dealkylation sites (N-methyl/N-ethyl adjacent to an activating group) is 1. The second-order valence-electron chi connectivity index (χ2n) is 6.14. The second-order valence-corrected chi connectivity index (χ2v) is 6.14. The van der Waals surface area contributed by atoms with Gasteiger partial charge < -0.3 is 14.7 Å². The average Bonchev–Trinajstić information content (AvgIpc) is 2.66. The zero-order valence-corrected chi connectivity index (χ0v) is 14.3. The Morgan fingerprint density at radius 3 is 3.04 bits per heavy atom. The van der Waals surface area contributed by atoms with E-state index in [1.165, 1.54) is 4.90 Å². The van der Waals surface area contributed by atoms with Crippen molar-refractivity contribution in [3.8, 4) is 5.75 Å². The van der Waals surface area contributed by atoms with Crippen LogP contribution in [0.3, 0.4) is 0 Å². The molecule has 2 aromatic heterocycles. The molecule has 7 nitrogen and oxygen atoms in total. The molecule has 0 saturated carbocycles. The van der Waals surface area contributed by atoms with E-state index in [-0.39, 0.29) is 6.54 Å². The van der Waals surface area contributed by atoms with Crippen molar-refractivity contribution in [3.63, 3.8) is 0 Å². The fraction of sp³-hybridized carbons (Fsp3) is 0.211. The van der Waals surface area contributed by atoms with Crippen LogP contribution in [0.1, 0.15) is 5.69 Å². The van der Waals surface area contributed by atoms with E-state index < -0.39 is 6.09 Å². The molecule has 1 amide bonds. The molecule has 0 aliphatic carbocycles. The molecule has 0 bridgehead atoms. The molecule has 1 aromatic carbocycles. The summed E-state index contributed by atoms with van der Waals surface area (Å²) in [4.78, 5) is 24.0. The van der Waals surface area contributed by atoms with Gasteiger partial charge in [0.25, 0.3) is 0 Å². The molecule has 0 radical (unpaired) electrons. The predicted molar refractivity (Wildman–Crippen MR) is 99.0 cm³/mol. The van der Waals surface area contributed by atoms with Crippen LogP contribution in [-0.2, 0) is 6.54 Å². The number of aromatic nitrogens is 2. The van der Waals surface area contributed by atoms with Gasteiger partial charge in [-0.3, -0.25) is 14.9 Å². The van der Waals surface area contributed by atoms with Crippen molar-refractivity contribution in [2.75, 3.05) is 30.0 Å². The van der Waals surface area contributed by atoms with Crippen molar-refractivity contribution >= 4 is 28.4 Å². The van der Waals surface area contributed by atoms with E-state index in [1.54, 1.807) is 18.5 Å². The summed E-state index contributed by atoms with van der Waals surface area (Å²) in [5.74, 6) is 0.586. The Morgan fingerprint density at radius 1 is 1.31 bits per heavy atom. The molecule has 132 valence electrons. The fourth-order valence-electron chi connectivity index (χ4n) is 3.09. The summed E-state index contributed by atoms with van der Waals surface area (Å²) in [5.41, 5.74) is 2.81. The largest absolute Gasteiger partial charge is 0.487 e. The molecular weight excluding hydrogens is 332 g/mol. The first-order chi connectivity index (χ1) is 12.6. The topological polar surface area (TPSA) is 78.8 Å². The van der Waals surface area contributed by atoms with E-state index >= 15 is 0 Å². The van der Waals surface area contributed by atoms with E-state index in [4.69, 9.17) is 4.74 Å². The number of para-hydroxylation sites is 1. The zero-order valence-electron chi connectivity index (χ0n) is 14.3. The molecule has 1 N–H and O–H groups in total. The summed E-state index contributed by atoms with van der Waals surface area (Å²) in [7, 11) is 1.97. The van der Waals surface area contributed by atoms with E-state index in [2.05, 4.69) is 14.9 Å². The molecule has 3 heterocycles. The van der Waals surface area contributed by atoms with E-state index in [9.17, 15) is 9.90 Å². The van der Waals surface area contributed by atoms with Gasteiger partial charge >= 0.3 is 6.09 Å². The van der Waals surface area contributed by atoms with Crippen LogP contribution < -0.4 is 14.5 Å². The number of rotatable bonds is 3. The molecule has 1 aliphatic heterocycles. The first-order valence-electron chi connectivity index (χ1n) is 8.30. The number of carbonyl (C=O) groups is 1. The monoisotopic (exact) mass is 350 g/mol. The van der Waals surface area contributed by atoms with Gasteiger partial charge in [-0.25, -0.2) is 4.79 Å². The quantitative estimate of drug-likeness (QED) is 0.782. The maximum Gasteiger partial charge on any atom is 0.412 e. The molecule has 4 rings (SSSR count). The molecule has 0 fully saturated rings. The van der Waals surface area contributed by atoms with E-state index in [1.807, 2.05) is 37.4 Å². The predicted octanol–water partition coefficient (Wildman–Crippen LogP) is 3.14. The molecule has 0 atom stereocenters. The number of carboxylic acid groups (broad SMARTS) is 1. The minimum absolute atomic E-state index is 0.116. The highest BCUT2D eigenvalue weighted by atomic mass is 16.5. The molecule has 0 spiro atoms. The average molecular weight is 350 g/mol. The number of fused-ring (bicyclic) bond motifs is 2.